The zero-order chi connectivity index (χ0) is 52.4. The van der Waals surface area contributed by atoms with Gasteiger partial charge in [0.1, 0.15) is 0 Å². The molecule has 352 valence electrons. The van der Waals surface area contributed by atoms with E-state index < -0.39 is 6.85 Å². The van der Waals surface area contributed by atoms with Gasteiger partial charge in [-0.3, -0.25) is 0 Å². The highest BCUT2D eigenvalue weighted by molar-refractivity contribution is 7.00. The monoisotopic (exact) mass is 949 g/mol. The maximum atomic E-state index is 9.36. The minimum Gasteiger partial charge on any atom is -0.310 e. The van der Waals surface area contributed by atoms with E-state index in [1.54, 1.807) is 0 Å². The van der Waals surface area contributed by atoms with E-state index in [4.69, 9.17) is 0 Å². The van der Waals surface area contributed by atoms with Gasteiger partial charge in [-0.25, -0.2) is 0 Å². The highest BCUT2D eigenvalue weighted by Gasteiger charge is 2.46. The predicted octanol–water partition coefficient (Wildman–Crippen LogP) is 17.4. The molecule has 0 atom stereocenters. The van der Waals surface area contributed by atoms with Crippen molar-refractivity contribution >= 4 is 57.2 Å². The van der Waals surface area contributed by atoms with Crippen LogP contribution in [0.4, 0.5) is 34.1 Å². The van der Waals surface area contributed by atoms with Crippen molar-refractivity contribution in [1.29, 1.82) is 0 Å². The quantitative estimate of drug-likeness (QED) is 0.140. The summed E-state index contributed by atoms with van der Waals surface area (Å²) in [5.41, 5.74) is 22.9. The fourth-order valence-corrected chi connectivity index (χ4v) is 11.6. The van der Waals surface area contributed by atoms with Gasteiger partial charge in [-0.2, -0.15) is 0 Å². The lowest BCUT2D eigenvalue weighted by atomic mass is 9.33. The SMILES string of the molecule is [2H]C([2H])([2H])c1cc2c(cc1-c1ccccc1)B1c3cc(-c4ccccc4)ccc3N(c3c(-c4ccccc4)cccc3-c3ccccc3)c3cc(C(C)(C)C)cc(c31)N2c1c(-c2ccccc2)cccc1-c1ccccc1. The van der Waals surface area contributed by atoms with Gasteiger partial charge in [0.15, 0.2) is 0 Å². The van der Waals surface area contributed by atoms with Crippen LogP contribution >= 0.6 is 0 Å². The van der Waals surface area contributed by atoms with Crippen LogP contribution in [0.15, 0.2) is 261 Å². The third kappa shape index (κ3) is 7.67. The van der Waals surface area contributed by atoms with Gasteiger partial charge in [0.2, 0.25) is 0 Å². The molecule has 0 radical (unpaired) electrons. The third-order valence-corrected chi connectivity index (χ3v) is 15.1. The Morgan fingerprint density at radius 3 is 1.11 bits per heavy atom. The minimum absolute atomic E-state index is 0.307. The van der Waals surface area contributed by atoms with Crippen LogP contribution in [0.3, 0.4) is 0 Å². The van der Waals surface area contributed by atoms with Crippen LogP contribution < -0.4 is 26.2 Å². The first-order chi connectivity index (χ1) is 37.5. The lowest BCUT2D eigenvalue weighted by Crippen LogP contribution is -2.61. The molecule has 0 unspecified atom stereocenters. The van der Waals surface area contributed by atoms with Crippen molar-refractivity contribution in [2.24, 2.45) is 0 Å². The Balaban J connectivity index is 1.24. The zero-order valence-corrected chi connectivity index (χ0v) is 41.8. The first-order valence-corrected chi connectivity index (χ1v) is 25.7. The summed E-state index contributed by atoms with van der Waals surface area (Å²) in [6.45, 7) is 4.10. The van der Waals surface area contributed by atoms with E-state index >= 15 is 0 Å². The van der Waals surface area contributed by atoms with E-state index in [-0.39, 0.29) is 12.1 Å². The predicted molar refractivity (Wildman–Crippen MR) is 317 cm³/mol. The molecule has 11 aromatic rings. The molecule has 74 heavy (non-hydrogen) atoms. The van der Waals surface area contributed by atoms with Crippen LogP contribution in [-0.2, 0) is 5.41 Å². The zero-order valence-electron chi connectivity index (χ0n) is 44.8. The summed E-state index contributed by atoms with van der Waals surface area (Å²) < 4.78 is 28.1. The third-order valence-electron chi connectivity index (χ3n) is 15.1. The molecular formula is C71H55BN2. The van der Waals surface area contributed by atoms with Gasteiger partial charge in [-0.15, -0.1) is 0 Å². The summed E-state index contributed by atoms with van der Waals surface area (Å²) >= 11 is 0. The lowest BCUT2D eigenvalue weighted by molar-refractivity contribution is 0.590. The summed E-state index contributed by atoms with van der Waals surface area (Å²) in [4.78, 5) is 5.01. The molecule has 0 saturated heterocycles. The molecule has 3 heteroatoms. The number of hydrogen-bond acceptors (Lipinski definition) is 2. The van der Waals surface area contributed by atoms with Gasteiger partial charge < -0.3 is 9.80 Å². The molecule has 11 aromatic carbocycles. The average Bonchev–Trinajstić information content (AvgIpc) is 3.64. The molecule has 2 nitrogen and oxygen atoms in total. The maximum Gasteiger partial charge on any atom is 0.252 e. The van der Waals surface area contributed by atoms with Crippen LogP contribution in [0.1, 0.15) is 36.0 Å². The van der Waals surface area contributed by atoms with Gasteiger partial charge in [-0.1, -0.05) is 257 Å². The highest BCUT2D eigenvalue weighted by atomic mass is 15.2. The number of nitrogens with zero attached hydrogens (tertiary/aromatic N) is 2. The smallest absolute Gasteiger partial charge is 0.252 e. The van der Waals surface area contributed by atoms with E-state index in [1.807, 2.05) is 36.4 Å². The van der Waals surface area contributed by atoms with E-state index in [0.29, 0.717) is 11.1 Å². The number of anilines is 6. The second-order valence-electron chi connectivity index (χ2n) is 20.6. The molecule has 0 aliphatic carbocycles. The molecule has 0 saturated carbocycles. The van der Waals surface area contributed by atoms with Crippen molar-refractivity contribution in [3.63, 3.8) is 0 Å². The summed E-state index contributed by atoms with van der Waals surface area (Å²) in [6, 6.07) is 93.0. The first-order valence-electron chi connectivity index (χ1n) is 27.2. The second kappa shape index (κ2) is 18.3. The topological polar surface area (TPSA) is 6.48 Å². The minimum atomic E-state index is -2.46. The standard InChI is InChI=1S/C71H55BN2/c1-48-43-65-63(47-61(48)54-35-21-10-22-36-54)72-62-44-55(49-25-11-5-12-26-49)41-42-64(62)73(69-57(50-27-13-6-14-28-50)37-23-38-58(69)51-29-15-7-16-30-51)66-45-56(71(2,3)4)46-67(68(66)72)74(65)70-59(52-31-17-8-18-32-52)39-24-40-60(70)53-33-19-9-20-34-53/h5-47H,1-4H3/i1D3. The van der Waals surface area contributed by atoms with E-state index in [0.717, 1.165) is 117 Å². The van der Waals surface area contributed by atoms with Crippen molar-refractivity contribution in [3.05, 3.63) is 272 Å². The molecule has 2 aliphatic heterocycles. The van der Waals surface area contributed by atoms with E-state index in [9.17, 15) is 4.11 Å². The molecule has 0 amide bonds. The van der Waals surface area contributed by atoms with Crippen LogP contribution in [0.2, 0.25) is 0 Å². The van der Waals surface area contributed by atoms with E-state index in [2.05, 4.69) is 255 Å². The Kier molecular flexibility index (Phi) is 10.3. The normalized spacial score (nSPS) is 13.3. The molecule has 0 spiro atoms. The summed E-state index contributed by atoms with van der Waals surface area (Å²) in [7, 11) is 0. The number of hydrogen-bond donors (Lipinski definition) is 0. The van der Waals surface area contributed by atoms with Crippen LogP contribution in [0, 0.1) is 6.85 Å². The summed E-state index contributed by atoms with van der Waals surface area (Å²) in [6.07, 6.45) is 0. The van der Waals surface area contributed by atoms with Gasteiger partial charge in [0.25, 0.3) is 6.71 Å². The molecule has 0 N–H and O–H groups in total. The van der Waals surface area contributed by atoms with Crippen LogP contribution in [0.5, 0.6) is 0 Å². The van der Waals surface area contributed by atoms with Crippen LogP contribution in [0.25, 0.3) is 66.8 Å². The second-order valence-corrected chi connectivity index (χ2v) is 20.6. The van der Waals surface area contributed by atoms with Crippen molar-refractivity contribution in [1.82, 2.24) is 0 Å². The number of rotatable bonds is 8. The van der Waals surface area contributed by atoms with Gasteiger partial charge in [0.05, 0.1) is 11.4 Å². The maximum absolute atomic E-state index is 9.36. The fraction of sp³-hybridized carbons (Fsp3) is 0.0704. The Morgan fingerprint density at radius 2 is 0.703 bits per heavy atom. The van der Waals surface area contributed by atoms with Gasteiger partial charge >= 0.3 is 0 Å². The largest absolute Gasteiger partial charge is 0.310 e. The molecule has 2 aliphatic rings. The van der Waals surface area contributed by atoms with Crippen molar-refractivity contribution in [2.45, 2.75) is 33.0 Å². The Labute approximate surface area is 440 Å². The lowest BCUT2D eigenvalue weighted by Gasteiger charge is -2.46. The van der Waals surface area contributed by atoms with Gasteiger partial charge in [0, 0.05) is 49.1 Å². The molecular weight excluding hydrogens is 892 g/mol. The van der Waals surface area contributed by atoms with Crippen molar-refractivity contribution < 1.29 is 4.11 Å². The Hall–Kier alpha value is -8.92. The first kappa shape index (κ1) is 41.7. The Morgan fingerprint density at radius 1 is 0.324 bits per heavy atom. The Bertz CT molecular complexity index is 3870. The molecule has 2 heterocycles. The van der Waals surface area contributed by atoms with E-state index in [1.165, 1.54) is 0 Å². The van der Waals surface area contributed by atoms with Crippen LogP contribution in [-0.4, -0.2) is 6.71 Å². The average molecular weight is 950 g/mol. The molecule has 0 bridgehead atoms. The number of aryl methyl sites for hydroxylation is 1. The molecule has 13 rings (SSSR count). The number of para-hydroxylation sites is 2. The number of benzene rings is 11. The van der Waals surface area contributed by atoms with Gasteiger partial charge in [-0.05, 0) is 109 Å². The highest BCUT2D eigenvalue weighted by Crippen LogP contribution is 2.54. The molecule has 0 aromatic heterocycles. The number of fused-ring (bicyclic) bond motifs is 4. The van der Waals surface area contributed by atoms with Crippen molar-refractivity contribution in [2.75, 3.05) is 9.80 Å². The van der Waals surface area contributed by atoms with Crippen molar-refractivity contribution in [3.8, 4) is 66.8 Å². The summed E-state index contributed by atoms with van der Waals surface area (Å²) in [5, 5.41) is 0. The fourth-order valence-electron chi connectivity index (χ4n) is 11.6. The summed E-state index contributed by atoms with van der Waals surface area (Å²) in [5.74, 6) is 0. The molecule has 0 fully saturated rings.